The summed E-state index contributed by atoms with van der Waals surface area (Å²) in [6.45, 7) is 4.29. The van der Waals surface area contributed by atoms with Gasteiger partial charge in [0.15, 0.2) is 0 Å². The molecule has 3 rings (SSSR count). The molecule has 1 aliphatic rings. The minimum absolute atomic E-state index is 0. The summed E-state index contributed by atoms with van der Waals surface area (Å²) in [5, 5.41) is 6.49. The van der Waals surface area contributed by atoms with Crippen LogP contribution in [0, 0.1) is 0 Å². The lowest BCUT2D eigenvalue weighted by atomic mass is 10.1. The maximum Gasteiger partial charge on any atom is 0.328 e. The molecule has 1 amide bonds. The molecule has 0 bridgehead atoms. The van der Waals surface area contributed by atoms with Crippen molar-refractivity contribution in [1.29, 1.82) is 0 Å². The van der Waals surface area contributed by atoms with Crippen LogP contribution < -0.4 is 21.9 Å². The summed E-state index contributed by atoms with van der Waals surface area (Å²) < 4.78 is 1.13. The minimum atomic E-state index is -0.465. The number of benzene rings is 1. The summed E-state index contributed by atoms with van der Waals surface area (Å²) in [5.41, 5.74) is 1.18. The number of nitrogens with one attached hydrogen (secondary N) is 3. The smallest absolute Gasteiger partial charge is 0.328 e. The number of aromatic nitrogens is 2. The summed E-state index contributed by atoms with van der Waals surface area (Å²) in [5.74, 6) is -0.225. The van der Waals surface area contributed by atoms with E-state index in [1.807, 2.05) is 0 Å². The second-order valence-electron chi connectivity index (χ2n) is 5.74. The molecule has 25 heavy (non-hydrogen) atoms. The van der Waals surface area contributed by atoms with Crippen molar-refractivity contribution in [3.8, 4) is 0 Å². The molecule has 0 saturated heterocycles. The molecule has 0 fully saturated rings. The molecule has 1 aliphatic heterocycles. The van der Waals surface area contributed by atoms with E-state index >= 15 is 0 Å². The standard InChI is InChI=1S/C17H20N4O3.ClH/c1-2-21-16(23)13-4-3-12(9-14(13)20-17(21)24)15(22)19-10-11-5-7-18-8-6-11;/h3-5,9,18H,2,6-8,10H2,1H3,(H,19,22)(H,20,24);1H. The van der Waals surface area contributed by atoms with Gasteiger partial charge in [0.1, 0.15) is 0 Å². The SMILES string of the molecule is CCn1c(=O)[nH]c2cc(C(=O)NCC3=CCNCC3)ccc2c1=O.Cl. The van der Waals surface area contributed by atoms with Gasteiger partial charge in [0.2, 0.25) is 0 Å². The van der Waals surface area contributed by atoms with E-state index in [1.54, 1.807) is 25.1 Å². The first-order chi connectivity index (χ1) is 11.6. The number of aromatic amines is 1. The number of hydrogen-bond acceptors (Lipinski definition) is 4. The number of nitrogens with zero attached hydrogens (tertiary/aromatic N) is 1. The first-order valence-corrected chi connectivity index (χ1v) is 8.04. The van der Waals surface area contributed by atoms with Gasteiger partial charge in [-0.15, -0.1) is 12.4 Å². The first-order valence-electron chi connectivity index (χ1n) is 8.04. The molecule has 1 aromatic carbocycles. The fourth-order valence-corrected chi connectivity index (χ4v) is 2.81. The van der Waals surface area contributed by atoms with Crippen molar-refractivity contribution in [3.63, 3.8) is 0 Å². The molecular formula is C17H21ClN4O3. The molecule has 8 heteroatoms. The van der Waals surface area contributed by atoms with Crippen LogP contribution in [0.15, 0.2) is 39.4 Å². The van der Waals surface area contributed by atoms with Crippen LogP contribution in [0.5, 0.6) is 0 Å². The highest BCUT2D eigenvalue weighted by Crippen LogP contribution is 2.10. The highest BCUT2D eigenvalue weighted by molar-refractivity contribution is 5.97. The number of rotatable bonds is 4. The van der Waals surface area contributed by atoms with Crippen LogP contribution in [-0.2, 0) is 6.54 Å². The van der Waals surface area contributed by atoms with Gasteiger partial charge >= 0.3 is 5.69 Å². The van der Waals surface area contributed by atoms with Crippen LogP contribution in [0.2, 0.25) is 0 Å². The third-order valence-electron chi connectivity index (χ3n) is 4.19. The van der Waals surface area contributed by atoms with Gasteiger partial charge < -0.3 is 15.6 Å². The van der Waals surface area contributed by atoms with Crippen LogP contribution in [0.1, 0.15) is 23.7 Å². The maximum absolute atomic E-state index is 12.3. The molecule has 7 nitrogen and oxygen atoms in total. The van der Waals surface area contributed by atoms with Gasteiger partial charge in [-0.2, -0.15) is 0 Å². The van der Waals surface area contributed by atoms with E-state index in [4.69, 9.17) is 0 Å². The van der Waals surface area contributed by atoms with Crippen LogP contribution in [0.25, 0.3) is 10.9 Å². The number of amides is 1. The third kappa shape index (κ3) is 4.00. The second-order valence-corrected chi connectivity index (χ2v) is 5.74. The fourth-order valence-electron chi connectivity index (χ4n) is 2.81. The van der Waals surface area contributed by atoms with E-state index in [1.165, 1.54) is 5.57 Å². The van der Waals surface area contributed by atoms with Crippen molar-refractivity contribution in [2.24, 2.45) is 0 Å². The predicted molar refractivity (Wildman–Crippen MR) is 99.7 cm³/mol. The molecule has 0 spiro atoms. The number of carbonyl (C=O) groups excluding carboxylic acids is 1. The Hall–Kier alpha value is -2.38. The lowest BCUT2D eigenvalue weighted by Gasteiger charge is -2.14. The van der Waals surface area contributed by atoms with E-state index in [9.17, 15) is 14.4 Å². The molecule has 2 aromatic rings. The maximum atomic E-state index is 12.3. The number of hydrogen-bond donors (Lipinski definition) is 3. The van der Waals surface area contributed by atoms with Crippen LogP contribution >= 0.6 is 12.4 Å². The van der Waals surface area contributed by atoms with Gasteiger partial charge in [-0.05, 0) is 38.1 Å². The lowest BCUT2D eigenvalue weighted by Crippen LogP contribution is -2.34. The Balaban J connectivity index is 0.00000225. The Morgan fingerprint density at radius 3 is 2.80 bits per heavy atom. The number of H-pyrrole nitrogens is 1. The zero-order valence-electron chi connectivity index (χ0n) is 13.9. The normalized spacial score (nSPS) is 13.9. The third-order valence-corrected chi connectivity index (χ3v) is 4.19. The average Bonchev–Trinajstić information content (AvgIpc) is 2.60. The summed E-state index contributed by atoms with van der Waals surface area (Å²) in [6, 6.07) is 4.73. The number of carbonyl (C=O) groups is 1. The van der Waals surface area contributed by atoms with Crippen molar-refractivity contribution in [1.82, 2.24) is 20.2 Å². The fraction of sp³-hybridized carbons (Fsp3) is 0.353. The summed E-state index contributed by atoms with van der Waals surface area (Å²) in [6.07, 6.45) is 3.00. The van der Waals surface area contributed by atoms with Crippen molar-refractivity contribution in [2.75, 3.05) is 19.6 Å². The van der Waals surface area contributed by atoms with E-state index in [-0.39, 0.29) is 23.9 Å². The van der Waals surface area contributed by atoms with Gasteiger partial charge in [0, 0.05) is 25.2 Å². The lowest BCUT2D eigenvalue weighted by molar-refractivity contribution is 0.0956. The Kier molecular flexibility index (Phi) is 6.17. The van der Waals surface area contributed by atoms with Gasteiger partial charge in [-0.3, -0.25) is 14.2 Å². The minimum Gasteiger partial charge on any atom is -0.348 e. The van der Waals surface area contributed by atoms with E-state index in [0.717, 1.165) is 24.1 Å². The Morgan fingerprint density at radius 1 is 1.32 bits per heavy atom. The summed E-state index contributed by atoms with van der Waals surface area (Å²) in [7, 11) is 0. The van der Waals surface area contributed by atoms with Gasteiger partial charge in [-0.1, -0.05) is 11.6 Å². The predicted octanol–water partition coefficient (Wildman–Crippen LogP) is 0.781. The van der Waals surface area contributed by atoms with Crippen LogP contribution in [0.3, 0.4) is 0 Å². The molecule has 0 atom stereocenters. The van der Waals surface area contributed by atoms with Crippen LogP contribution in [-0.4, -0.2) is 35.1 Å². The van der Waals surface area contributed by atoms with Gasteiger partial charge in [-0.25, -0.2) is 4.79 Å². The highest BCUT2D eigenvalue weighted by atomic mass is 35.5. The average molecular weight is 365 g/mol. The summed E-state index contributed by atoms with van der Waals surface area (Å²) >= 11 is 0. The van der Waals surface area contributed by atoms with Gasteiger partial charge in [0.05, 0.1) is 10.9 Å². The molecule has 0 saturated carbocycles. The first kappa shape index (κ1) is 19.0. The van der Waals surface area contributed by atoms with E-state index in [0.29, 0.717) is 29.6 Å². The quantitative estimate of drug-likeness (QED) is 0.698. The van der Waals surface area contributed by atoms with Crippen molar-refractivity contribution < 1.29 is 4.79 Å². The summed E-state index contributed by atoms with van der Waals surface area (Å²) in [4.78, 5) is 39.1. The largest absolute Gasteiger partial charge is 0.348 e. The van der Waals surface area contributed by atoms with Crippen molar-refractivity contribution in [2.45, 2.75) is 19.9 Å². The second kappa shape index (κ2) is 8.13. The zero-order chi connectivity index (χ0) is 17.1. The monoisotopic (exact) mass is 364 g/mol. The molecule has 134 valence electrons. The number of halogens is 1. The Morgan fingerprint density at radius 2 is 2.12 bits per heavy atom. The van der Waals surface area contributed by atoms with Crippen molar-refractivity contribution in [3.05, 3.63) is 56.2 Å². The molecule has 0 radical (unpaired) electrons. The highest BCUT2D eigenvalue weighted by Gasteiger charge is 2.11. The molecule has 0 unspecified atom stereocenters. The molecule has 0 aliphatic carbocycles. The zero-order valence-corrected chi connectivity index (χ0v) is 14.7. The Bertz CT molecular complexity index is 930. The molecule has 3 N–H and O–H groups in total. The molecule has 2 heterocycles. The topological polar surface area (TPSA) is 96.0 Å². The van der Waals surface area contributed by atoms with Crippen molar-refractivity contribution >= 4 is 29.2 Å². The van der Waals surface area contributed by atoms with Crippen LogP contribution in [0.4, 0.5) is 0 Å². The van der Waals surface area contributed by atoms with E-state index in [2.05, 4.69) is 21.7 Å². The Labute approximate surface area is 150 Å². The number of fused-ring (bicyclic) bond motifs is 1. The van der Waals surface area contributed by atoms with E-state index < -0.39 is 5.69 Å². The van der Waals surface area contributed by atoms with Gasteiger partial charge in [0.25, 0.3) is 11.5 Å². The molecule has 1 aromatic heterocycles. The molecular weight excluding hydrogens is 344 g/mol.